The average Bonchev–Trinajstić information content (AvgIpc) is 3.29. The van der Waals surface area contributed by atoms with Gasteiger partial charge < -0.3 is 29.7 Å². The van der Waals surface area contributed by atoms with Gasteiger partial charge in [-0.1, -0.05) is 12.1 Å². The predicted molar refractivity (Wildman–Crippen MR) is 117 cm³/mol. The number of hydrogen-bond donors (Lipinski definition) is 2. The van der Waals surface area contributed by atoms with E-state index in [4.69, 9.17) is 19.2 Å². The Bertz CT molecular complexity index is 597. The summed E-state index contributed by atoms with van der Waals surface area (Å²) >= 11 is 0. The Morgan fingerprint density at radius 1 is 1.17 bits per heavy atom. The smallest absolute Gasteiger partial charge is 0.191 e. The van der Waals surface area contributed by atoms with Crippen LogP contribution in [-0.2, 0) is 20.8 Å². The molecule has 2 aliphatic heterocycles. The van der Waals surface area contributed by atoms with Gasteiger partial charge in [0, 0.05) is 45.1 Å². The molecule has 2 N–H and O–H groups in total. The second kappa shape index (κ2) is 12.7. The zero-order chi connectivity index (χ0) is 20.2. The van der Waals surface area contributed by atoms with Crippen molar-refractivity contribution in [2.45, 2.75) is 38.8 Å². The lowest BCUT2D eigenvalue weighted by Gasteiger charge is -2.28. The van der Waals surface area contributed by atoms with E-state index < -0.39 is 0 Å². The van der Waals surface area contributed by atoms with E-state index in [2.05, 4.69) is 46.7 Å². The number of guanidine groups is 1. The Morgan fingerprint density at radius 3 is 2.72 bits per heavy atom. The Morgan fingerprint density at radius 2 is 2.00 bits per heavy atom. The second-order valence-electron chi connectivity index (χ2n) is 7.45. The molecular weight excluding hydrogens is 368 g/mol. The summed E-state index contributed by atoms with van der Waals surface area (Å²) in [5.74, 6) is 0.851. The summed E-state index contributed by atoms with van der Waals surface area (Å²) < 4.78 is 16.7. The molecule has 2 aliphatic rings. The molecule has 2 fully saturated rings. The molecule has 0 aliphatic carbocycles. The Balaban J connectivity index is 1.36. The van der Waals surface area contributed by atoms with Crippen molar-refractivity contribution in [2.75, 3.05) is 64.1 Å². The van der Waals surface area contributed by atoms with Crippen LogP contribution in [0.25, 0.3) is 0 Å². The van der Waals surface area contributed by atoms with Crippen LogP contribution in [0.15, 0.2) is 29.3 Å². The maximum Gasteiger partial charge on any atom is 0.191 e. The van der Waals surface area contributed by atoms with Crippen LogP contribution in [0.4, 0.5) is 5.69 Å². The number of benzene rings is 1. The molecule has 0 bridgehead atoms. The van der Waals surface area contributed by atoms with Crippen LogP contribution in [0, 0.1) is 0 Å². The van der Waals surface area contributed by atoms with E-state index in [1.54, 1.807) is 0 Å². The van der Waals surface area contributed by atoms with E-state index in [-0.39, 0.29) is 0 Å². The molecule has 1 aromatic rings. The van der Waals surface area contributed by atoms with Crippen LogP contribution in [0.5, 0.6) is 0 Å². The Labute approximate surface area is 174 Å². The molecule has 29 heavy (non-hydrogen) atoms. The van der Waals surface area contributed by atoms with Crippen molar-refractivity contribution in [3.05, 3.63) is 29.8 Å². The highest BCUT2D eigenvalue weighted by molar-refractivity contribution is 5.79. The van der Waals surface area contributed by atoms with E-state index in [0.29, 0.717) is 19.3 Å². The van der Waals surface area contributed by atoms with Crippen LogP contribution < -0.4 is 15.5 Å². The number of nitrogens with one attached hydrogen (secondary N) is 2. The van der Waals surface area contributed by atoms with Gasteiger partial charge in [-0.05, 0) is 43.9 Å². The van der Waals surface area contributed by atoms with E-state index in [0.717, 1.165) is 77.8 Å². The minimum Gasteiger partial charge on any atom is -0.379 e. The molecule has 3 rings (SSSR count). The van der Waals surface area contributed by atoms with Gasteiger partial charge in [0.15, 0.2) is 5.96 Å². The summed E-state index contributed by atoms with van der Waals surface area (Å²) in [6.45, 7) is 10.3. The maximum atomic E-state index is 5.71. The summed E-state index contributed by atoms with van der Waals surface area (Å²) in [6, 6.07) is 8.69. The molecule has 0 amide bonds. The van der Waals surface area contributed by atoms with E-state index in [1.807, 2.05) is 0 Å². The van der Waals surface area contributed by atoms with Crippen molar-refractivity contribution < 1.29 is 14.2 Å². The zero-order valence-electron chi connectivity index (χ0n) is 17.7. The molecule has 7 heteroatoms. The fourth-order valence-corrected chi connectivity index (χ4v) is 3.52. The van der Waals surface area contributed by atoms with Crippen molar-refractivity contribution >= 4 is 11.6 Å². The molecule has 0 saturated carbocycles. The van der Waals surface area contributed by atoms with Gasteiger partial charge in [0.25, 0.3) is 0 Å². The van der Waals surface area contributed by atoms with Crippen LogP contribution in [-0.4, -0.2) is 71.3 Å². The summed E-state index contributed by atoms with van der Waals surface area (Å²) in [7, 11) is 0. The first-order valence-electron chi connectivity index (χ1n) is 11.0. The number of hydrogen-bond acceptors (Lipinski definition) is 5. The molecule has 1 unspecified atom stereocenters. The molecule has 2 heterocycles. The van der Waals surface area contributed by atoms with Crippen LogP contribution in [0.2, 0.25) is 0 Å². The number of anilines is 1. The third-order valence-corrected chi connectivity index (χ3v) is 5.16. The van der Waals surface area contributed by atoms with Gasteiger partial charge in [0.1, 0.15) is 0 Å². The van der Waals surface area contributed by atoms with Crippen molar-refractivity contribution in [2.24, 2.45) is 4.99 Å². The monoisotopic (exact) mass is 404 g/mol. The topological polar surface area (TPSA) is 67.4 Å². The minimum atomic E-state index is 0.302. The minimum absolute atomic E-state index is 0.302. The number of aliphatic imine (C=N–C) groups is 1. The van der Waals surface area contributed by atoms with Gasteiger partial charge in [-0.25, -0.2) is 4.99 Å². The highest BCUT2D eigenvalue weighted by atomic mass is 16.5. The van der Waals surface area contributed by atoms with Crippen LogP contribution >= 0.6 is 0 Å². The first kappa shape index (κ1) is 21.9. The molecule has 1 atom stereocenters. The third-order valence-electron chi connectivity index (χ3n) is 5.16. The second-order valence-corrected chi connectivity index (χ2v) is 7.45. The van der Waals surface area contributed by atoms with E-state index in [9.17, 15) is 0 Å². The van der Waals surface area contributed by atoms with Gasteiger partial charge in [-0.3, -0.25) is 0 Å². The van der Waals surface area contributed by atoms with Crippen molar-refractivity contribution in [3.8, 4) is 0 Å². The quantitative estimate of drug-likeness (QED) is 0.354. The molecule has 7 nitrogen and oxygen atoms in total. The lowest BCUT2D eigenvalue weighted by atomic mass is 10.2. The number of rotatable bonds is 10. The SMILES string of the molecule is CCNC(=NCc1ccc(N2CCOCC2)cc1)NCCCOCC1CCCO1. The van der Waals surface area contributed by atoms with E-state index in [1.165, 1.54) is 11.3 Å². The van der Waals surface area contributed by atoms with Gasteiger partial charge in [0.05, 0.1) is 32.5 Å². The first-order chi connectivity index (χ1) is 14.3. The van der Waals surface area contributed by atoms with Gasteiger partial charge in [-0.15, -0.1) is 0 Å². The molecule has 0 aromatic heterocycles. The summed E-state index contributed by atoms with van der Waals surface area (Å²) in [6.07, 6.45) is 3.54. The van der Waals surface area contributed by atoms with Gasteiger partial charge in [-0.2, -0.15) is 0 Å². The molecular formula is C22H36N4O3. The van der Waals surface area contributed by atoms with Crippen LogP contribution in [0.3, 0.4) is 0 Å². The normalized spacial score (nSPS) is 20.1. The molecule has 0 radical (unpaired) electrons. The van der Waals surface area contributed by atoms with Crippen molar-refractivity contribution in [1.29, 1.82) is 0 Å². The fourth-order valence-electron chi connectivity index (χ4n) is 3.52. The number of ether oxygens (including phenoxy) is 3. The van der Waals surface area contributed by atoms with Gasteiger partial charge in [0.2, 0.25) is 0 Å². The zero-order valence-corrected chi connectivity index (χ0v) is 17.7. The molecule has 1 aromatic carbocycles. The van der Waals surface area contributed by atoms with Crippen molar-refractivity contribution in [1.82, 2.24) is 10.6 Å². The lowest BCUT2D eigenvalue weighted by Crippen LogP contribution is -2.38. The molecule has 2 saturated heterocycles. The Kier molecular flexibility index (Phi) is 9.56. The number of morpholine rings is 1. The fraction of sp³-hybridized carbons (Fsp3) is 0.682. The summed E-state index contributed by atoms with van der Waals surface area (Å²) in [5.41, 5.74) is 2.47. The third kappa shape index (κ3) is 7.84. The summed E-state index contributed by atoms with van der Waals surface area (Å²) in [5, 5.41) is 6.70. The lowest BCUT2D eigenvalue weighted by molar-refractivity contribution is 0.0168. The highest BCUT2D eigenvalue weighted by Gasteiger charge is 2.15. The molecule has 0 spiro atoms. The standard InChI is InChI=1S/C22H36N4O3/c1-2-23-22(24-10-4-13-28-18-21-5-3-14-29-21)25-17-19-6-8-20(9-7-19)26-11-15-27-16-12-26/h6-9,21H,2-5,10-18H2,1H3,(H2,23,24,25). The highest BCUT2D eigenvalue weighted by Crippen LogP contribution is 2.17. The molecule has 162 valence electrons. The summed E-state index contributed by atoms with van der Waals surface area (Å²) in [4.78, 5) is 7.07. The van der Waals surface area contributed by atoms with Crippen LogP contribution in [0.1, 0.15) is 31.7 Å². The average molecular weight is 405 g/mol. The number of nitrogens with zero attached hydrogens (tertiary/aromatic N) is 2. The largest absolute Gasteiger partial charge is 0.379 e. The maximum absolute atomic E-state index is 5.71. The van der Waals surface area contributed by atoms with Gasteiger partial charge >= 0.3 is 0 Å². The van der Waals surface area contributed by atoms with Crippen molar-refractivity contribution in [3.63, 3.8) is 0 Å². The first-order valence-corrected chi connectivity index (χ1v) is 11.0. The van der Waals surface area contributed by atoms with E-state index >= 15 is 0 Å². The Hall–Kier alpha value is -1.83. The predicted octanol–water partition coefficient (Wildman–Crippen LogP) is 2.16.